The number of likely N-dealkylation sites (N-methyl/N-ethyl adjacent to an activating group) is 1. The molecular formula is C15H15BrN2O5S. The Morgan fingerprint density at radius 2 is 2.08 bits per heavy atom. The van der Waals surface area contributed by atoms with Crippen LogP contribution in [0.2, 0.25) is 0 Å². The van der Waals surface area contributed by atoms with E-state index in [1.165, 1.54) is 37.1 Å². The lowest BCUT2D eigenvalue weighted by Gasteiger charge is -2.17. The van der Waals surface area contributed by atoms with E-state index in [1.54, 1.807) is 12.1 Å². The van der Waals surface area contributed by atoms with Crippen molar-refractivity contribution in [1.29, 1.82) is 0 Å². The number of esters is 1. The van der Waals surface area contributed by atoms with Crippen LogP contribution in [0.5, 0.6) is 11.5 Å². The molecule has 0 aliphatic carbocycles. The van der Waals surface area contributed by atoms with Crippen LogP contribution >= 0.6 is 28.1 Å². The van der Waals surface area contributed by atoms with E-state index in [0.717, 1.165) is 0 Å². The van der Waals surface area contributed by atoms with Crippen molar-refractivity contribution in [3.8, 4) is 11.5 Å². The molecule has 0 radical (unpaired) electrons. The standard InChI is InChI=1S/C15H15BrN2O5S/c1-17-14(21)10(18(15(17)24)7-13(20)23-3)4-8-5-12(22-2)11(19)6-9(8)16/h4-6,19H,7H2,1-3H3/b10-4-. The van der Waals surface area contributed by atoms with Gasteiger partial charge in [0.05, 0.1) is 14.2 Å². The monoisotopic (exact) mass is 414 g/mol. The number of carbonyl (C=O) groups excluding carboxylic acids is 2. The zero-order valence-corrected chi connectivity index (χ0v) is 15.6. The SMILES string of the molecule is COC(=O)CN1C(=S)N(C)C(=O)/C1=C/c1cc(OC)c(O)cc1Br. The molecule has 0 unspecified atom stereocenters. The first-order valence-electron chi connectivity index (χ1n) is 6.74. The van der Waals surface area contributed by atoms with E-state index < -0.39 is 5.97 Å². The van der Waals surface area contributed by atoms with Gasteiger partial charge in [-0.2, -0.15) is 0 Å². The van der Waals surface area contributed by atoms with E-state index in [4.69, 9.17) is 17.0 Å². The largest absolute Gasteiger partial charge is 0.504 e. The van der Waals surface area contributed by atoms with Gasteiger partial charge in [-0.3, -0.25) is 14.5 Å². The van der Waals surface area contributed by atoms with Gasteiger partial charge in [-0.25, -0.2) is 0 Å². The van der Waals surface area contributed by atoms with Gasteiger partial charge >= 0.3 is 5.97 Å². The Hall–Kier alpha value is -2.13. The number of hydrogen-bond acceptors (Lipinski definition) is 6. The highest BCUT2D eigenvalue weighted by Gasteiger charge is 2.36. The molecule has 24 heavy (non-hydrogen) atoms. The molecule has 0 spiro atoms. The minimum Gasteiger partial charge on any atom is -0.504 e. The number of ether oxygens (including phenoxy) is 2. The summed E-state index contributed by atoms with van der Waals surface area (Å²) in [5, 5.41) is 9.98. The van der Waals surface area contributed by atoms with Crippen molar-refractivity contribution in [3.63, 3.8) is 0 Å². The Morgan fingerprint density at radius 3 is 2.67 bits per heavy atom. The second-order valence-corrected chi connectivity index (χ2v) is 6.10. The van der Waals surface area contributed by atoms with Crippen molar-refractivity contribution in [2.45, 2.75) is 0 Å². The molecule has 1 amide bonds. The van der Waals surface area contributed by atoms with Gasteiger partial charge in [-0.15, -0.1) is 0 Å². The fourth-order valence-electron chi connectivity index (χ4n) is 2.12. The van der Waals surface area contributed by atoms with Crippen LogP contribution in [0.15, 0.2) is 22.3 Å². The normalized spacial score (nSPS) is 16.1. The predicted octanol–water partition coefficient (Wildman–Crippen LogP) is 1.74. The number of amides is 1. The number of nitrogens with zero attached hydrogens (tertiary/aromatic N) is 2. The summed E-state index contributed by atoms with van der Waals surface area (Å²) >= 11 is 8.53. The van der Waals surface area contributed by atoms with Crippen LogP contribution in [0.4, 0.5) is 0 Å². The van der Waals surface area contributed by atoms with E-state index in [9.17, 15) is 14.7 Å². The number of methoxy groups -OCH3 is 2. The van der Waals surface area contributed by atoms with E-state index in [2.05, 4.69) is 20.7 Å². The summed E-state index contributed by atoms with van der Waals surface area (Å²) in [6.07, 6.45) is 1.56. The van der Waals surface area contributed by atoms with Crippen molar-refractivity contribution in [2.75, 3.05) is 27.8 Å². The van der Waals surface area contributed by atoms with Crippen LogP contribution in [-0.2, 0) is 14.3 Å². The average molecular weight is 415 g/mol. The van der Waals surface area contributed by atoms with Gasteiger partial charge in [0.1, 0.15) is 12.2 Å². The van der Waals surface area contributed by atoms with Gasteiger partial charge in [-0.1, -0.05) is 15.9 Å². The Kier molecular flexibility index (Phi) is 5.45. The summed E-state index contributed by atoms with van der Waals surface area (Å²) in [6.45, 7) is -0.177. The number of halogens is 1. The Labute approximate surface area is 152 Å². The van der Waals surface area contributed by atoms with Crippen molar-refractivity contribution in [3.05, 3.63) is 27.9 Å². The third-order valence-corrected chi connectivity index (χ3v) is 4.62. The minimum absolute atomic E-state index is 0.0386. The maximum atomic E-state index is 12.4. The van der Waals surface area contributed by atoms with Crippen LogP contribution < -0.4 is 4.74 Å². The Morgan fingerprint density at radius 1 is 1.42 bits per heavy atom. The predicted molar refractivity (Wildman–Crippen MR) is 94.4 cm³/mol. The lowest BCUT2D eigenvalue weighted by atomic mass is 10.1. The number of phenols is 1. The number of carbonyl (C=O) groups is 2. The van der Waals surface area contributed by atoms with Gasteiger partial charge < -0.3 is 19.5 Å². The molecule has 1 fully saturated rings. The number of benzene rings is 1. The molecule has 0 saturated carbocycles. The lowest BCUT2D eigenvalue weighted by Crippen LogP contribution is -2.33. The van der Waals surface area contributed by atoms with E-state index in [0.29, 0.717) is 10.0 Å². The Balaban J connectivity index is 2.50. The molecule has 128 valence electrons. The molecule has 0 aromatic heterocycles. The molecule has 7 nitrogen and oxygen atoms in total. The van der Waals surface area contributed by atoms with Gasteiger partial charge in [0.2, 0.25) is 0 Å². The first kappa shape index (κ1) is 18.2. The van der Waals surface area contributed by atoms with Crippen molar-refractivity contribution in [1.82, 2.24) is 9.80 Å². The lowest BCUT2D eigenvalue weighted by molar-refractivity contribution is -0.140. The summed E-state index contributed by atoms with van der Waals surface area (Å²) < 4.78 is 10.3. The average Bonchev–Trinajstić information content (AvgIpc) is 2.75. The molecule has 1 aliphatic heterocycles. The first-order chi connectivity index (χ1) is 11.3. The highest BCUT2D eigenvalue weighted by atomic mass is 79.9. The molecule has 0 bridgehead atoms. The zero-order chi connectivity index (χ0) is 18.0. The minimum atomic E-state index is -0.520. The highest BCUT2D eigenvalue weighted by molar-refractivity contribution is 9.10. The van der Waals surface area contributed by atoms with Gasteiger partial charge in [-0.05, 0) is 36.0 Å². The number of thiocarbonyl (C=S) groups is 1. The maximum Gasteiger partial charge on any atom is 0.325 e. The molecule has 2 rings (SSSR count). The molecule has 1 saturated heterocycles. The fourth-order valence-corrected chi connectivity index (χ4v) is 2.82. The molecule has 9 heteroatoms. The second-order valence-electron chi connectivity index (χ2n) is 4.88. The number of phenolic OH excluding ortho intramolecular Hbond substituents is 1. The van der Waals surface area contributed by atoms with Crippen LogP contribution in [-0.4, -0.2) is 59.7 Å². The van der Waals surface area contributed by atoms with Gasteiger partial charge in [0.25, 0.3) is 5.91 Å². The molecule has 1 aliphatic rings. The second kappa shape index (κ2) is 7.18. The summed E-state index contributed by atoms with van der Waals surface area (Å²) in [5.74, 6) is -0.647. The highest BCUT2D eigenvalue weighted by Crippen LogP contribution is 2.34. The van der Waals surface area contributed by atoms with Gasteiger partial charge in [0, 0.05) is 11.5 Å². The summed E-state index contributed by atoms with van der Waals surface area (Å²) in [6, 6.07) is 3.02. The number of rotatable bonds is 4. The third kappa shape index (κ3) is 3.36. The molecular weight excluding hydrogens is 400 g/mol. The topological polar surface area (TPSA) is 79.3 Å². The van der Waals surface area contributed by atoms with E-state index in [1.807, 2.05) is 0 Å². The van der Waals surface area contributed by atoms with E-state index in [-0.39, 0.29) is 34.8 Å². The van der Waals surface area contributed by atoms with Crippen molar-refractivity contribution < 1.29 is 24.2 Å². The van der Waals surface area contributed by atoms with Crippen LogP contribution in [0, 0.1) is 0 Å². The zero-order valence-electron chi connectivity index (χ0n) is 13.2. The van der Waals surface area contributed by atoms with Crippen LogP contribution in [0.25, 0.3) is 6.08 Å². The summed E-state index contributed by atoms with van der Waals surface area (Å²) in [7, 11) is 4.22. The smallest absolute Gasteiger partial charge is 0.325 e. The van der Waals surface area contributed by atoms with Crippen LogP contribution in [0.1, 0.15) is 5.56 Å². The van der Waals surface area contributed by atoms with Crippen molar-refractivity contribution >= 4 is 51.2 Å². The quantitative estimate of drug-likeness (QED) is 0.456. The van der Waals surface area contributed by atoms with Gasteiger partial charge in [0.15, 0.2) is 16.6 Å². The summed E-state index contributed by atoms with van der Waals surface area (Å²) in [4.78, 5) is 26.7. The van der Waals surface area contributed by atoms with Crippen molar-refractivity contribution in [2.24, 2.45) is 0 Å². The molecule has 1 N–H and O–H groups in total. The number of aromatic hydroxyl groups is 1. The number of hydrogen-bond donors (Lipinski definition) is 1. The Bertz CT molecular complexity index is 750. The molecule has 0 atom stereocenters. The van der Waals surface area contributed by atoms with Crippen LogP contribution in [0.3, 0.4) is 0 Å². The third-order valence-electron chi connectivity index (χ3n) is 3.44. The van der Waals surface area contributed by atoms with E-state index >= 15 is 0 Å². The first-order valence-corrected chi connectivity index (χ1v) is 7.94. The molecule has 1 aromatic rings. The molecule has 1 aromatic carbocycles. The molecule has 1 heterocycles. The summed E-state index contributed by atoms with van der Waals surface area (Å²) in [5.41, 5.74) is 0.808. The maximum absolute atomic E-state index is 12.4. The fraction of sp³-hybridized carbons (Fsp3) is 0.267.